The van der Waals surface area contributed by atoms with Crippen LogP contribution in [-0.2, 0) is 28.4 Å². The molecule has 2 saturated heterocycles. The predicted octanol–water partition coefficient (Wildman–Crippen LogP) is 7.70. The Balaban J connectivity index is 0.867. The molecule has 3 aliphatic rings. The van der Waals surface area contributed by atoms with E-state index in [1.54, 1.807) is 45.5 Å². The molecule has 3 atom stereocenters. The van der Waals surface area contributed by atoms with Crippen molar-refractivity contribution in [3.8, 4) is 22.6 Å². The second kappa shape index (κ2) is 19.7. The minimum Gasteiger partial charge on any atom is -0.493 e. The molecule has 0 bridgehead atoms. The van der Waals surface area contributed by atoms with E-state index in [9.17, 15) is 29.1 Å². The molecule has 2 unspecified atom stereocenters. The molecule has 65 heavy (non-hydrogen) atoms. The van der Waals surface area contributed by atoms with Gasteiger partial charge in [-0.1, -0.05) is 30.3 Å². The van der Waals surface area contributed by atoms with Crippen molar-refractivity contribution >= 4 is 52.5 Å². The number of amides is 5. The van der Waals surface area contributed by atoms with E-state index >= 15 is 0 Å². The molecular weight excluding hydrogens is 835 g/mol. The number of aryl methyl sites for hydroxylation is 2. The highest BCUT2D eigenvalue weighted by atomic mass is 16.7. The van der Waals surface area contributed by atoms with Gasteiger partial charge in [0, 0.05) is 69.1 Å². The Morgan fingerprint density at radius 2 is 1.48 bits per heavy atom. The second-order valence-corrected chi connectivity index (χ2v) is 16.4. The number of rotatable bonds is 14. The number of carboxylic acid groups (broad SMARTS) is 1. The summed E-state index contributed by atoms with van der Waals surface area (Å²) in [5, 5.41) is 19.3. The lowest BCUT2D eigenvalue weighted by Gasteiger charge is -2.42. The van der Waals surface area contributed by atoms with Gasteiger partial charge in [0.05, 0.1) is 36.7 Å². The lowest BCUT2D eigenvalue weighted by Crippen LogP contribution is -2.57. The van der Waals surface area contributed by atoms with Gasteiger partial charge in [0.25, 0.3) is 17.7 Å². The first-order valence-corrected chi connectivity index (χ1v) is 21.8. The van der Waals surface area contributed by atoms with Crippen LogP contribution in [0.2, 0.25) is 0 Å². The van der Waals surface area contributed by atoms with Gasteiger partial charge in [-0.25, -0.2) is 9.69 Å². The van der Waals surface area contributed by atoms with Crippen LogP contribution in [0.1, 0.15) is 82.7 Å². The number of methoxy groups -OCH3 is 1. The maximum Gasteiger partial charge on any atom is 0.414 e. The molecule has 5 heterocycles. The van der Waals surface area contributed by atoms with E-state index in [1.807, 2.05) is 61.8 Å². The molecule has 3 aliphatic heterocycles. The Bertz CT molecular complexity index is 2550. The standard InChI is InChI=1S/C48H53N7O10/c1-52-28-31(24-38(52)44(57)50-32-12-5-4-6-13-32)30-17-19-33(20-18-30)51-45(58)39-25-34(29-53(39)2)49-42(56)15-11-23-63-41-27-37-35(26-40(41)62-3)46(59)54-21-9-7-14-36(54)47(55(37)48(60)61)65-43-16-8-10-22-64-43/h4-6,12-13,17-20,24-29,36,43,47H,7-11,14-16,21-23H2,1-3H3,(H,49,56)(H,50,57)(H,51,58)(H,60,61)/t36-,43?,47?/m0/s1. The average Bonchev–Trinajstić information content (AvgIpc) is 3.86. The summed E-state index contributed by atoms with van der Waals surface area (Å²) >= 11 is 0. The summed E-state index contributed by atoms with van der Waals surface area (Å²) in [5.41, 5.74) is 4.53. The minimum absolute atomic E-state index is 0.0737. The first-order chi connectivity index (χ1) is 31.5. The zero-order chi connectivity index (χ0) is 45.6. The molecule has 5 aromatic rings. The van der Waals surface area contributed by atoms with Crippen LogP contribution in [0.3, 0.4) is 0 Å². The van der Waals surface area contributed by atoms with Crippen molar-refractivity contribution in [3.63, 3.8) is 0 Å². The quantitative estimate of drug-likeness (QED) is 0.0803. The van der Waals surface area contributed by atoms with Gasteiger partial charge in [0.15, 0.2) is 24.0 Å². The molecule has 0 aliphatic carbocycles. The van der Waals surface area contributed by atoms with Gasteiger partial charge in [0.1, 0.15) is 11.4 Å². The second-order valence-electron chi connectivity index (χ2n) is 16.4. The smallest absolute Gasteiger partial charge is 0.414 e. The fourth-order valence-electron chi connectivity index (χ4n) is 8.60. The lowest BCUT2D eigenvalue weighted by atomic mass is 10.00. The summed E-state index contributed by atoms with van der Waals surface area (Å²) in [6.07, 6.45) is 5.60. The van der Waals surface area contributed by atoms with Gasteiger partial charge in [0.2, 0.25) is 5.91 Å². The number of hydrogen-bond donors (Lipinski definition) is 4. The third-order valence-electron chi connectivity index (χ3n) is 11.9. The predicted molar refractivity (Wildman–Crippen MR) is 243 cm³/mol. The number of fused-ring (bicyclic) bond motifs is 2. The summed E-state index contributed by atoms with van der Waals surface area (Å²) in [4.78, 5) is 69.2. The molecule has 17 nitrogen and oxygen atoms in total. The van der Waals surface area contributed by atoms with Gasteiger partial charge in [-0.05, 0) is 93.0 Å². The number of carbonyl (C=O) groups is 5. The summed E-state index contributed by atoms with van der Waals surface area (Å²) in [6, 6.07) is 22.4. The Kier molecular flexibility index (Phi) is 13.5. The van der Waals surface area contributed by atoms with E-state index in [0.29, 0.717) is 54.4 Å². The number of nitrogens with one attached hydrogen (secondary N) is 3. The van der Waals surface area contributed by atoms with Crippen LogP contribution in [0.25, 0.3) is 11.1 Å². The highest BCUT2D eigenvalue weighted by Crippen LogP contribution is 2.42. The first-order valence-electron chi connectivity index (χ1n) is 21.8. The van der Waals surface area contributed by atoms with E-state index in [4.69, 9.17) is 18.9 Å². The summed E-state index contributed by atoms with van der Waals surface area (Å²) in [5.74, 6) is -0.752. The zero-order valence-corrected chi connectivity index (χ0v) is 36.6. The highest BCUT2D eigenvalue weighted by molar-refractivity contribution is 6.07. The van der Waals surface area contributed by atoms with Crippen molar-refractivity contribution in [1.82, 2.24) is 14.0 Å². The maximum absolute atomic E-state index is 14.0. The van der Waals surface area contributed by atoms with Crippen molar-refractivity contribution < 1.29 is 48.0 Å². The van der Waals surface area contributed by atoms with Gasteiger partial charge in [-0.2, -0.15) is 0 Å². The lowest BCUT2D eigenvalue weighted by molar-refractivity contribution is -0.198. The van der Waals surface area contributed by atoms with E-state index in [2.05, 4.69) is 16.0 Å². The summed E-state index contributed by atoms with van der Waals surface area (Å²) in [7, 11) is 4.96. The minimum atomic E-state index is -1.28. The molecular formula is C48H53N7O10. The van der Waals surface area contributed by atoms with Gasteiger partial charge in [-0.3, -0.25) is 19.2 Å². The van der Waals surface area contributed by atoms with Crippen LogP contribution in [0.15, 0.2) is 91.3 Å². The molecule has 17 heteroatoms. The van der Waals surface area contributed by atoms with Crippen LogP contribution in [-0.4, -0.2) is 94.3 Å². The highest BCUT2D eigenvalue weighted by Gasteiger charge is 2.46. The Morgan fingerprint density at radius 1 is 0.769 bits per heavy atom. The Morgan fingerprint density at radius 3 is 2.18 bits per heavy atom. The topological polar surface area (TPSA) is 195 Å². The largest absolute Gasteiger partial charge is 0.493 e. The fraction of sp³-hybridized carbons (Fsp3) is 0.354. The molecule has 3 aromatic carbocycles. The molecule has 0 saturated carbocycles. The van der Waals surface area contributed by atoms with Crippen LogP contribution in [0, 0.1) is 0 Å². The van der Waals surface area contributed by atoms with Gasteiger partial charge < -0.3 is 54.0 Å². The van der Waals surface area contributed by atoms with Crippen molar-refractivity contribution in [2.24, 2.45) is 14.1 Å². The maximum atomic E-state index is 14.0. The molecule has 340 valence electrons. The molecule has 8 rings (SSSR count). The average molecular weight is 888 g/mol. The van der Waals surface area contributed by atoms with E-state index in [1.165, 1.54) is 19.2 Å². The third kappa shape index (κ3) is 10.0. The number of anilines is 4. The van der Waals surface area contributed by atoms with Gasteiger partial charge >= 0.3 is 6.09 Å². The van der Waals surface area contributed by atoms with Crippen molar-refractivity contribution in [1.29, 1.82) is 0 Å². The van der Waals surface area contributed by atoms with Gasteiger partial charge in [-0.15, -0.1) is 0 Å². The number of benzene rings is 3. The number of hydrogen-bond acceptors (Lipinski definition) is 9. The van der Waals surface area contributed by atoms with Crippen LogP contribution >= 0.6 is 0 Å². The summed E-state index contributed by atoms with van der Waals surface area (Å²) < 4.78 is 27.3. The number of aromatic nitrogens is 2. The monoisotopic (exact) mass is 887 g/mol. The normalized spacial score (nSPS) is 18.2. The van der Waals surface area contributed by atoms with E-state index in [-0.39, 0.29) is 65.8 Å². The number of nitrogens with zero attached hydrogens (tertiary/aromatic N) is 4. The fourth-order valence-corrected chi connectivity index (χ4v) is 8.60. The van der Waals surface area contributed by atoms with Crippen LogP contribution in [0.5, 0.6) is 11.5 Å². The molecule has 0 spiro atoms. The number of ether oxygens (including phenoxy) is 4. The van der Waals surface area contributed by atoms with Crippen molar-refractivity contribution in [2.45, 2.75) is 69.9 Å². The first kappa shape index (κ1) is 44.5. The number of para-hydroxylation sites is 1. The van der Waals surface area contributed by atoms with Crippen molar-refractivity contribution in [2.75, 3.05) is 47.7 Å². The zero-order valence-electron chi connectivity index (χ0n) is 36.6. The third-order valence-corrected chi connectivity index (χ3v) is 11.9. The molecule has 2 fully saturated rings. The number of piperidine rings is 1. The molecule has 0 radical (unpaired) electrons. The molecule has 2 aromatic heterocycles. The van der Waals surface area contributed by atoms with E-state index in [0.717, 1.165) is 41.7 Å². The van der Waals surface area contributed by atoms with Crippen molar-refractivity contribution in [3.05, 3.63) is 108 Å². The number of carbonyl (C=O) groups excluding carboxylic acids is 4. The molecule has 4 N–H and O–H groups in total. The Hall–Kier alpha value is -7.11. The molecule has 5 amide bonds. The van der Waals surface area contributed by atoms with E-state index < -0.39 is 24.7 Å². The Labute approximate surface area is 376 Å². The summed E-state index contributed by atoms with van der Waals surface area (Å²) in [6.45, 7) is 1.05. The van der Waals surface area contributed by atoms with Crippen LogP contribution < -0.4 is 30.3 Å². The van der Waals surface area contributed by atoms with Crippen LogP contribution in [0.4, 0.5) is 27.5 Å². The SMILES string of the molecule is COc1cc2c(cc1OCCCC(=O)Nc1cc(C(=O)Nc3ccc(-c4cc(C(=O)Nc5ccccc5)n(C)c4)cc3)n(C)c1)N(C(=O)O)C(OC1CCCCO1)[C@@H]1CCCCN1C2=O.